The Labute approximate surface area is 111 Å². The molecule has 100 valence electrons. The average Bonchev–Trinajstić information content (AvgIpc) is 2.91. The number of ether oxygens (including phenoxy) is 1. The van der Waals surface area contributed by atoms with Crippen LogP contribution in [0.25, 0.3) is 0 Å². The Hall–Kier alpha value is -2.43. The van der Waals surface area contributed by atoms with Crippen LogP contribution in [-0.4, -0.2) is 25.0 Å². The third-order valence-corrected chi connectivity index (χ3v) is 2.84. The maximum absolute atomic E-state index is 12.3. The lowest BCUT2D eigenvalue weighted by Gasteiger charge is -2.17. The minimum Gasteiger partial charge on any atom is -0.495 e. The summed E-state index contributed by atoms with van der Waals surface area (Å²) in [5.41, 5.74) is 6.68. The van der Waals surface area contributed by atoms with Crippen molar-refractivity contribution < 1.29 is 13.9 Å². The van der Waals surface area contributed by atoms with Gasteiger partial charge >= 0.3 is 0 Å². The van der Waals surface area contributed by atoms with Gasteiger partial charge in [0.2, 0.25) is 0 Å². The number of nitrogens with zero attached hydrogens (tertiary/aromatic N) is 1. The minimum atomic E-state index is -0.173. The number of benzene rings is 1. The van der Waals surface area contributed by atoms with Crippen molar-refractivity contribution in [1.29, 1.82) is 0 Å². The summed E-state index contributed by atoms with van der Waals surface area (Å²) >= 11 is 0. The summed E-state index contributed by atoms with van der Waals surface area (Å²) in [7, 11) is 3.22. The molecule has 0 unspecified atom stereocenters. The van der Waals surface area contributed by atoms with E-state index in [2.05, 4.69) is 0 Å². The third kappa shape index (κ3) is 2.70. The molecule has 0 aliphatic carbocycles. The van der Waals surface area contributed by atoms with E-state index < -0.39 is 0 Å². The van der Waals surface area contributed by atoms with E-state index in [0.717, 1.165) is 5.76 Å². The number of methoxy groups -OCH3 is 1. The fourth-order valence-corrected chi connectivity index (χ4v) is 1.82. The molecule has 1 amide bonds. The van der Waals surface area contributed by atoms with Crippen LogP contribution in [0.15, 0.2) is 41.0 Å². The molecule has 2 N–H and O–H groups in total. The summed E-state index contributed by atoms with van der Waals surface area (Å²) in [6.07, 6.45) is 1.58. The van der Waals surface area contributed by atoms with Crippen molar-refractivity contribution in [2.45, 2.75) is 6.54 Å². The lowest BCUT2D eigenvalue weighted by Crippen LogP contribution is -2.26. The van der Waals surface area contributed by atoms with Gasteiger partial charge in [0.05, 0.1) is 31.2 Å². The maximum Gasteiger partial charge on any atom is 0.256 e. The molecular weight excluding hydrogens is 244 g/mol. The van der Waals surface area contributed by atoms with E-state index in [9.17, 15) is 4.79 Å². The van der Waals surface area contributed by atoms with Crippen LogP contribution < -0.4 is 10.5 Å². The fraction of sp³-hybridized carbons (Fsp3) is 0.214. The van der Waals surface area contributed by atoms with Gasteiger partial charge in [0.15, 0.2) is 0 Å². The normalized spacial score (nSPS) is 10.2. The largest absolute Gasteiger partial charge is 0.495 e. The van der Waals surface area contributed by atoms with Gasteiger partial charge in [-0.3, -0.25) is 4.79 Å². The Bertz CT molecular complexity index is 564. The average molecular weight is 260 g/mol. The highest BCUT2D eigenvalue weighted by Gasteiger charge is 2.17. The second-order valence-corrected chi connectivity index (χ2v) is 4.16. The molecule has 0 aliphatic rings. The molecule has 1 aromatic heterocycles. The van der Waals surface area contributed by atoms with E-state index in [1.54, 1.807) is 42.5 Å². The molecule has 0 saturated carbocycles. The first-order chi connectivity index (χ1) is 9.13. The van der Waals surface area contributed by atoms with Crippen LogP contribution in [0.1, 0.15) is 16.1 Å². The van der Waals surface area contributed by atoms with Crippen LogP contribution >= 0.6 is 0 Å². The van der Waals surface area contributed by atoms with E-state index in [4.69, 9.17) is 14.9 Å². The summed E-state index contributed by atoms with van der Waals surface area (Å²) in [4.78, 5) is 13.9. The maximum atomic E-state index is 12.3. The standard InChI is InChI=1S/C14H16N2O3/c1-16(9-10-5-4-8-19-10)14(17)11-6-3-7-12(18-2)13(11)15/h3-8H,9,15H2,1-2H3. The van der Waals surface area contributed by atoms with Crippen molar-refractivity contribution >= 4 is 11.6 Å². The van der Waals surface area contributed by atoms with Crippen LogP contribution in [0.3, 0.4) is 0 Å². The number of para-hydroxylation sites is 1. The Kier molecular flexibility index (Phi) is 3.75. The molecule has 2 rings (SSSR count). The number of anilines is 1. The van der Waals surface area contributed by atoms with Crippen molar-refractivity contribution in [2.75, 3.05) is 19.9 Å². The van der Waals surface area contributed by atoms with E-state index in [-0.39, 0.29) is 5.91 Å². The first-order valence-corrected chi connectivity index (χ1v) is 5.83. The Morgan fingerprint density at radius 3 is 2.79 bits per heavy atom. The highest BCUT2D eigenvalue weighted by Crippen LogP contribution is 2.25. The minimum absolute atomic E-state index is 0.173. The Morgan fingerprint density at radius 2 is 2.16 bits per heavy atom. The van der Waals surface area contributed by atoms with Crippen LogP contribution in [-0.2, 0) is 6.54 Å². The molecule has 0 saturated heterocycles. The topological polar surface area (TPSA) is 68.7 Å². The zero-order valence-electron chi connectivity index (χ0n) is 10.9. The summed E-state index contributed by atoms with van der Waals surface area (Å²) in [6.45, 7) is 0.391. The molecule has 5 nitrogen and oxygen atoms in total. The predicted octanol–water partition coefficient (Wildman–Crippen LogP) is 2.14. The summed E-state index contributed by atoms with van der Waals surface area (Å²) in [5, 5.41) is 0. The zero-order chi connectivity index (χ0) is 13.8. The van der Waals surface area contributed by atoms with E-state index in [1.807, 2.05) is 6.07 Å². The monoisotopic (exact) mass is 260 g/mol. The second kappa shape index (κ2) is 5.48. The highest BCUT2D eigenvalue weighted by molar-refractivity contribution is 6.00. The van der Waals surface area contributed by atoms with Gasteiger partial charge in [-0.15, -0.1) is 0 Å². The zero-order valence-corrected chi connectivity index (χ0v) is 10.9. The van der Waals surface area contributed by atoms with Gasteiger partial charge in [-0.05, 0) is 24.3 Å². The van der Waals surface area contributed by atoms with Crippen molar-refractivity contribution in [2.24, 2.45) is 0 Å². The summed E-state index contributed by atoms with van der Waals surface area (Å²) in [5.74, 6) is 1.04. The molecule has 0 radical (unpaired) electrons. The number of nitrogen functional groups attached to an aromatic ring is 1. The number of hydrogen-bond acceptors (Lipinski definition) is 4. The van der Waals surface area contributed by atoms with Crippen molar-refractivity contribution in [3.05, 3.63) is 47.9 Å². The van der Waals surface area contributed by atoms with Crippen molar-refractivity contribution in [3.63, 3.8) is 0 Å². The van der Waals surface area contributed by atoms with E-state index >= 15 is 0 Å². The molecule has 0 bridgehead atoms. The number of furan rings is 1. The fourth-order valence-electron chi connectivity index (χ4n) is 1.82. The second-order valence-electron chi connectivity index (χ2n) is 4.16. The smallest absolute Gasteiger partial charge is 0.256 e. The van der Waals surface area contributed by atoms with E-state index in [0.29, 0.717) is 23.5 Å². The molecule has 0 fully saturated rings. The predicted molar refractivity (Wildman–Crippen MR) is 71.9 cm³/mol. The molecule has 1 aromatic carbocycles. The van der Waals surface area contributed by atoms with Gasteiger partial charge in [0.1, 0.15) is 11.5 Å². The Balaban J connectivity index is 2.19. The number of amides is 1. The molecule has 5 heteroatoms. The van der Waals surface area contributed by atoms with Gasteiger partial charge in [-0.25, -0.2) is 0 Å². The van der Waals surface area contributed by atoms with Gasteiger partial charge in [0, 0.05) is 7.05 Å². The molecule has 0 atom stereocenters. The SMILES string of the molecule is COc1cccc(C(=O)N(C)Cc2ccco2)c1N. The van der Waals surface area contributed by atoms with E-state index in [1.165, 1.54) is 7.11 Å². The lowest BCUT2D eigenvalue weighted by molar-refractivity contribution is 0.0776. The van der Waals surface area contributed by atoms with Crippen LogP contribution in [0.4, 0.5) is 5.69 Å². The highest BCUT2D eigenvalue weighted by atomic mass is 16.5. The molecular formula is C14H16N2O3. The van der Waals surface area contributed by atoms with Gasteiger partial charge in [0.25, 0.3) is 5.91 Å². The number of rotatable bonds is 4. The first-order valence-electron chi connectivity index (χ1n) is 5.83. The quantitative estimate of drug-likeness (QED) is 0.855. The number of carbonyl (C=O) groups is 1. The molecule has 19 heavy (non-hydrogen) atoms. The van der Waals surface area contributed by atoms with Crippen LogP contribution in [0, 0.1) is 0 Å². The van der Waals surface area contributed by atoms with Gasteiger partial charge < -0.3 is 19.8 Å². The number of carbonyl (C=O) groups excluding carboxylic acids is 1. The molecule has 1 heterocycles. The molecule has 0 aliphatic heterocycles. The summed E-state index contributed by atoms with van der Waals surface area (Å²) in [6, 6.07) is 8.74. The molecule has 0 spiro atoms. The number of nitrogens with two attached hydrogens (primary N) is 1. The number of hydrogen-bond donors (Lipinski definition) is 1. The Morgan fingerprint density at radius 1 is 1.37 bits per heavy atom. The third-order valence-electron chi connectivity index (χ3n) is 2.84. The lowest BCUT2D eigenvalue weighted by atomic mass is 10.1. The molecule has 2 aromatic rings. The van der Waals surface area contributed by atoms with Gasteiger partial charge in [-0.1, -0.05) is 6.07 Å². The van der Waals surface area contributed by atoms with Crippen molar-refractivity contribution in [1.82, 2.24) is 4.90 Å². The van der Waals surface area contributed by atoms with Gasteiger partial charge in [-0.2, -0.15) is 0 Å². The van der Waals surface area contributed by atoms with Crippen LogP contribution in [0.2, 0.25) is 0 Å². The van der Waals surface area contributed by atoms with Crippen molar-refractivity contribution in [3.8, 4) is 5.75 Å². The summed E-state index contributed by atoms with van der Waals surface area (Å²) < 4.78 is 10.3. The first kappa shape index (κ1) is 13.0. The van der Waals surface area contributed by atoms with Crippen LogP contribution in [0.5, 0.6) is 5.75 Å².